The Labute approximate surface area is 121 Å². The number of primary amides is 1. The highest BCUT2D eigenvalue weighted by atomic mass is 16.1. The number of carbonyl (C=O) groups is 1. The normalized spacial score (nSPS) is 22.8. The van der Waals surface area contributed by atoms with Gasteiger partial charge in [0.15, 0.2) is 0 Å². The zero-order valence-corrected chi connectivity index (χ0v) is 12.8. The van der Waals surface area contributed by atoms with Gasteiger partial charge in [-0.1, -0.05) is 13.8 Å². The molecule has 3 nitrogen and oxygen atoms in total. The van der Waals surface area contributed by atoms with Crippen molar-refractivity contribution in [2.45, 2.75) is 52.5 Å². The Hall–Kier alpha value is -1.51. The number of hydrogen-bond donors (Lipinski definition) is 2. The molecule has 0 radical (unpaired) electrons. The van der Waals surface area contributed by atoms with E-state index in [1.165, 1.54) is 25.7 Å². The zero-order chi connectivity index (χ0) is 14.7. The molecule has 1 fully saturated rings. The first-order valence-corrected chi connectivity index (χ1v) is 7.64. The molecule has 1 saturated carbocycles. The standard InChI is InChI=1S/C17H26N2O/c1-11(2)13-4-7-15(8-5-13)19-16-9-6-14(17(18)20)10-12(16)3/h6,9-11,13,15,19H,4-5,7-8H2,1-3H3,(H2,18,20). The Bertz CT molecular complexity index is 474. The lowest BCUT2D eigenvalue weighted by Gasteiger charge is -2.32. The van der Waals surface area contributed by atoms with Crippen LogP contribution in [0.1, 0.15) is 55.5 Å². The summed E-state index contributed by atoms with van der Waals surface area (Å²) in [7, 11) is 0. The maximum Gasteiger partial charge on any atom is 0.248 e. The summed E-state index contributed by atoms with van der Waals surface area (Å²) in [6, 6.07) is 6.20. The van der Waals surface area contributed by atoms with E-state index < -0.39 is 0 Å². The summed E-state index contributed by atoms with van der Waals surface area (Å²) in [5.41, 5.74) is 8.10. The van der Waals surface area contributed by atoms with Crippen molar-refractivity contribution < 1.29 is 4.79 Å². The quantitative estimate of drug-likeness (QED) is 0.879. The summed E-state index contributed by atoms with van der Waals surface area (Å²) in [5.74, 6) is 1.32. The molecule has 0 spiro atoms. The van der Waals surface area contributed by atoms with Crippen LogP contribution >= 0.6 is 0 Å². The van der Waals surface area contributed by atoms with Gasteiger partial charge in [0.1, 0.15) is 0 Å². The van der Waals surface area contributed by atoms with E-state index in [-0.39, 0.29) is 5.91 Å². The van der Waals surface area contributed by atoms with Gasteiger partial charge in [-0.3, -0.25) is 4.79 Å². The first-order chi connectivity index (χ1) is 9.47. The van der Waals surface area contributed by atoms with E-state index in [2.05, 4.69) is 19.2 Å². The molecule has 1 aliphatic rings. The highest BCUT2D eigenvalue weighted by molar-refractivity contribution is 5.93. The summed E-state index contributed by atoms with van der Waals surface area (Å²) >= 11 is 0. The van der Waals surface area contributed by atoms with Gasteiger partial charge in [0.25, 0.3) is 0 Å². The SMILES string of the molecule is Cc1cc(C(N)=O)ccc1NC1CCC(C(C)C)CC1. The number of nitrogens with one attached hydrogen (secondary N) is 1. The van der Waals surface area contributed by atoms with Crippen molar-refractivity contribution in [1.82, 2.24) is 0 Å². The third-order valence-electron chi connectivity index (χ3n) is 4.59. The van der Waals surface area contributed by atoms with E-state index in [9.17, 15) is 4.79 Å². The number of amides is 1. The van der Waals surface area contributed by atoms with Crippen LogP contribution < -0.4 is 11.1 Å². The largest absolute Gasteiger partial charge is 0.382 e. The van der Waals surface area contributed by atoms with E-state index in [0.717, 1.165) is 23.1 Å². The number of benzene rings is 1. The van der Waals surface area contributed by atoms with Gasteiger partial charge >= 0.3 is 0 Å². The van der Waals surface area contributed by atoms with Crippen LogP contribution in [0.3, 0.4) is 0 Å². The van der Waals surface area contributed by atoms with Crippen molar-refractivity contribution >= 4 is 11.6 Å². The number of nitrogens with two attached hydrogens (primary N) is 1. The van der Waals surface area contributed by atoms with E-state index in [1.54, 1.807) is 6.07 Å². The third kappa shape index (κ3) is 3.53. The van der Waals surface area contributed by atoms with Gasteiger partial charge < -0.3 is 11.1 Å². The average molecular weight is 274 g/mol. The van der Waals surface area contributed by atoms with Gasteiger partial charge in [-0.05, 0) is 68.2 Å². The van der Waals surface area contributed by atoms with Gasteiger partial charge in [0.05, 0.1) is 0 Å². The first kappa shape index (κ1) is 14.9. The third-order valence-corrected chi connectivity index (χ3v) is 4.59. The lowest BCUT2D eigenvalue weighted by Crippen LogP contribution is -2.28. The molecule has 0 bridgehead atoms. The van der Waals surface area contributed by atoms with Crippen molar-refractivity contribution in [1.29, 1.82) is 0 Å². The zero-order valence-electron chi connectivity index (χ0n) is 12.8. The molecule has 1 aromatic carbocycles. The summed E-state index contributed by atoms with van der Waals surface area (Å²) in [6.45, 7) is 6.67. The Balaban J connectivity index is 1.96. The molecular weight excluding hydrogens is 248 g/mol. The second-order valence-corrected chi connectivity index (χ2v) is 6.39. The minimum atomic E-state index is -0.364. The van der Waals surface area contributed by atoms with Crippen molar-refractivity contribution in [2.24, 2.45) is 17.6 Å². The molecule has 110 valence electrons. The number of aryl methyl sites for hydroxylation is 1. The van der Waals surface area contributed by atoms with E-state index in [0.29, 0.717) is 11.6 Å². The van der Waals surface area contributed by atoms with Crippen LogP contribution in [0.25, 0.3) is 0 Å². The van der Waals surface area contributed by atoms with Gasteiger partial charge in [-0.15, -0.1) is 0 Å². The number of anilines is 1. The second-order valence-electron chi connectivity index (χ2n) is 6.39. The average Bonchev–Trinajstić information content (AvgIpc) is 2.41. The molecule has 3 heteroatoms. The fourth-order valence-corrected chi connectivity index (χ4v) is 3.13. The molecular formula is C17H26N2O. The van der Waals surface area contributed by atoms with Crippen molar-refractivity contribution in [3.05, 3.63) is 29.3 Å². The lowest BCUT2D eigenvalue weighted by atomic mass is 9.79. The molecule has 20 heavy (non-hydrogen) atoms. The fraction of sp³-hybridized carbons (Fsp3) is 0.588. The maximum atomic E-state index is 11.2. The molecule has 3 N–H and O–H groups in total. The molecule has 0 aliphatic heterocycles. The Kier molecular flexibility index (Phi) is 4.69. The summed E-state index contributed by atoms with van der Waals surface area (Å²) in [5, 5.41) is 3.62. The molecule has 1 aliphatic carbocycles. The Morgan fingerprint density at radius 3 is 2.40 bits per heavy atom. The molecule has 0 saturated heterocycles. The van der Waals surface area contributed by atoms with Crippen molar-refractivity contribution in [3.63, 3.8) is 0 Å². The Morgan fingerprint density at radius 2 is 1.90 bits per heavy atom. The van der Waals surface area contributed by atoms with Gasteiger partial charge in [0.2, 0.25) is 5.91 Å². The van der Waals surface area contributed by atoms with Crippen LogP contribution in [0.15, 0.2) is 18.2 Å². The van der Waals surface area contributed by atoms with E-state index in [1.807, 2.05) is 19.1 Å². The van der Waals surface area contributed by atoms with Gasteiger partial charge in [-0.2, -0.15) is 0 Å². The molecule has 1 amide bonds. The highest BCUT2D eigenvalue weighted by Gasteiger charge is 2.23. The van der Waals surface area contributed by atoms with Crippen molar-refractivity contribution in [2.75, 3.05) is 5.32 Å². The highest BCUT2D eigenvalue weighted by Crippen LogP contribution is 2.31. The topological polar surface area (TPSA) is 55.1 Å². The lowest BCUT2D eigenvalue weighted by molar-refractivity contribution is 0.1000. The van der Waals surface area contributed by atoms with Crippen LogP contribution in [0.4, 0.5) is 5.69 Å². The van der Waals surface area contributed by atoms with Crippen LogP contribution in [-0.4, -0.2) is 11.9 Å². The van der Waals surface area contributed by atoms with Crippen LogP contribution in [0, 0.1) is 18.8 Å². The number of carbonyl (C=O) groups excluding carboxylic acids is 1. The molecule has 0 heterocycles. The predicted octanol–water partition coefficient (Wildman–Crippen LogP) is 3.72. The summed E-state index contributed by atoms with van der Waals surface area (Å²) in [6.07, 6.45) is 5.10. The van der Waals surface area contributed by atoms with Gasteiger partial charge in [-0.25, -0.2) is 0 Å². The van der Waals surface area contributed by atoms with E-state index in [4.69, 9.17) is 5.73 Å². The Morgan fingerprint density at radius 1 is 1.25 bits per heavy atom. The fourth-order valence-electron chi connectivity index (χ4n) is 3.13. The monoisotopic (exact) mass is 274 g/mol. The summed E-state index contributed by atoms with van der Waals surface area (Å²) < 4.78 is 0. The number of rotatable bonds is 4. The minimum Gasteiger partial charge on any atom is -0.382 e. The molecule has 0 atom stereocenters. The van der Waals surface area contributed by atoms with Crippen LogP contribution in [-0.2, 0) is 0 Å². The molecule has 0 aromatic heterocycles. The minimum absolute atomic E-state index is 0.364. The molecule has 0 unspecified atom stereocenters. The van der Waals surface area contributed by atoms with Crippen LogP contribution in [0.2, 0.25) is 0 Å². The molecule has 1 aromatic rings. The number of hydrogen-bond acceptors (Lipinski definition) is 2. The first-order valence-electron chi connectivity index (χ1n) is 7.64. The van der Waals surface area contributed by atoms with Crippen LogP contribution in [0.5, 0.6) is 0 Å². The molecule has 2 rings (SSSR count). The second kappa shape index (κ2) is 6.29. The summed E-state index contributed by atoms with van der Waals surface area (Å²) in [4.78, 5) is 11.2. The van der Waals surface area contributed by atoms with Gasteiger partial charge in [0, 0.05) is 17.3 Å². The predicted molar refractivity (Wildman–Crippen MR) is 83.9 cm³/mol. The smallest absolute Gasteiger partial charge is 0.248 e. The van der Waals surface area contributed by atoms with Crippen molar-refractivity contribution in [3.8, 4) is 0 Å². The van der Waals surface area contributed by atoms with E-state index >= 15 is 0 Å². The maximum absolute atomic E-state index is 11.2.